The van der Waals surface area contributed by atoms with E-state index in [-0.39, 0.29) is 0 Å². The molecule has 0 rings (SSSR count). The molecular weight excluding hydrogens is 168 g/mol. The molecule has 0 radical (unpaired) electrons. The summed E-state index contributed by atoms with van der Waals surface area (Å²) in [6.45, 7) is 6.07. The number of aliphatic hydroxyl groups excluding tert-OH is 1. The third kappa shape index (κ3) is 11.9. The summed E-state index contributed by atoms with van der Waals surface area (Å²) in [5.41, 5.74) is 0. The molecule has 1 atom stereocenters. The molecule has 3 heteroatoms. The van der Waals surface area contributed by atoms with Crippen molar-refractivity contribution in [1.82, 2.24) is 0 Å². The summed E-state index contributed by atoms with van der Waals surface area (Å²) < 4.78 is 10.3. The van der Waals surface area contributed by atoms with Crippen LogP contribution in [0.3, 0.4) is 0 Å². The highest BCUT2D eigenvalue weighted by molar-refractivity contribution is 4.39. The predicted octanol–water partition coefficient (Wildman–Crippen LogP) is 1.94. The van der Waals surface area contributed by atoms with Gasteiger partial charge in [-0.15, -0.1) is 0 Å². The van der Waals surface area contributed by atoms with E-state index in [1.807, 2.05) is 0 Å². The van der Waals surface area contributed by atoms with E-state index < -0.39 is 6.29 Å². The monoisotopic (exact) mass is 190 g/mol. The van der Waals surface area contributed by atoms with Crippen LogP contribution in [0.4, 0.5) is 0 Å². The second-order valence-electron chi connectivity index (χ2n) is 3.14. The number of rotatable bonds is 9. The molecule has 13 heavy (non-hydrogen) atoms. The van der Waals surface area contributed by atoms with Crippen LogP contribution in [0.15, 0.2) is 0 Å². The molecule has 3 nitrogen and oxygen atoms in total. The van der Waals surface area contributed by atoms with Crippen molar-refractivity contribution in [3.05, 3.63) is 0 Å². The van der Waals surface area contributed by atoms with Gasteiger partial charge in [0.1, 0.15) is 0 Å². The lowest BCUT2D eigenvalue weighted by molar-refractivity contribution is -0.0867. The first-order valence-corrected chi connectivity index (χ1v) is 5.14. The van der Waals surface area contributed by atoms with E-state index in [1.165, 1.54) is 6.42 Å². The van der Waals surface area contributed by atoms with Gasteiger partial charge in [0.25, 0.3) is 0 Å². The van der Waals surface area contributed by atoms with Gasteiger partial charge in [-0.2, -0.15) is 0 Å². The number of hydrogen-bond donors (Lipinski definition) is 1. The Labute approximate surface area is 81.0 Å². The van der Waals surface area contributed by atoms with Crippen LogP contribution >= 0.6 is 0 Å². The Hall–Kier alpha value is -0.120. The van der Waals surface area contributed by atoms with Gasteiger partial charge in [-0.1, -0.05) is 13.3 Å². The number of hydrogen-bond acceptors (Lipinski definition) is 3. The molecule has 0 aliphatic carbocycles. The van der Waals surface area contributed by atoms with E-state index in [9.17, 15) is 0 Å². The van der Waals surface area contributed by atoms with Crippen LogP contribution < -0.4 is 0 Å². The quantitative estimate of drug-likeness (QED) is 0.446. The van der Waals surface area contributed by atoms with Gasteiger partial charge in [0.2, 0.25) is 0 Å². The molecular formula is C10H22O3. The summed E-state index contributed by atoms with van der Waals surface area (Å²) >= 11 is 0. The van der Waals surface area contributed by atoms with Gasteiger partial charge < -0.3 is 14.6 Å². The van der Waals surface area contributed by atoms with Gasteiger partial charge in [-0.05, 0) is 26.2 Å². The second kappa shape index (κ2) is 9.96. The molecule has 1 N–H and O–H groups in total. The number of unbranched alkanes of at least 4 members (excludes halogenated alkanes) is 2. The molecule has 0 aromatic heterocycles. The fourth-order valence-corrected chi connectivity index (χ4v) is 0.909. The van der Waals surface area contributed by atoms with Crippen LogP contribution in [-0.2, 0) is 9.47 Å². The summed E-state index contributed by atoms with van der Waals surface area (Å²) in [6.07, 6.45) is 3.66. The highest BCUT2D eigenvalue weighted by Crippen LogP contribution is 1.95. The summed E-state index contributed by atoms with van der Waals surface area (Å²) in [5, 5.41) is 8.77. The van der Waals surface area contributed by atoms with Crippen LogP contribution in [-0.4, -0.2) is 31.2 Å². The molecule has 1 unspecified atom stereocenters. The van der Waals surface area contributed by atoms with Gasteiger partial charge in [0.15, 0.2) is 6.29 Å². The van der Waals surface area contributed by atoms with E-state index in [4.69, 9.17) is 14.6 Å². The molecule has 0 aromatic rings. The first kappa shape index (κ1) is 12.9. The van der Waals surface area contributed by atoms with Crippen molar-refractivity contribution in [3.63, 3.8) is 0 Å². The Kier molecular flexibility index (Phi) is 9.87. The topological polar surface area (TPSA) is 38.7 Å². The van der Waals surface area contributed by atoms with Crippen molar-refractivity contribution < 1.29 is 14.6 Å². The van der Waals surface area contributed by atoms with Crippen LogP contribution in [0.1, 0.15) is 39.5 Å². The SMILES string of the molecule is CCCCOCCCCOC(C)O. The maximum absolute atomic E-state index is 8.77. The standard InChI is InChI=1S/C10H22O3/c1-3-4-7-12-8-5-6-9-13-10(2)11/h10-11H,3-9H2,1-2H3. The van der Waals surface area contributed by atoms with Crippen molar-refractivity contribution in [2.24, 2.45) is 0 Å². The molecule has 0 amide bonds. The van der Waals surface area contributed by atoms with E-state index in [0.717, 1.165) is 32.5 Å². The van der Waals surface area contributed by atoms with Crippen LogP contribution in [0, 0.1) is 0 Å². The van der Waals surface area contributed by atoms with Crippen LogP contribution in [0.2, 0.25) is 0 Å². The lowest BCUT2D eigenvalue weighted by atomic mass is 10.3. The van der Waals surface area contributed by atoms with Gasteiger partial charge >= 0.3 is 0 Å². The molecule has 0 saturated carbocycles. The Morgan fingerprint density at radius 1 is 1.08 bits per heavy atom. The van der Waals surface area contributed by atoms with Crippen molar-refractivity contribution in [2.45, 2.75) is 45.8 Å². The normalized spacial score (nSPS) is 13.2. The van der Waals surface area contributed by atoms with Gasteiger partial charge in [-0.25, -0.2) is 0 Å². The van der Waals surface area contributed by atoms with Gasteiger partial charge in [0, 0.05) is 19.8 Å². The lowest BCUT2D eigenvalue weighted by Crippen LogP contribution is -2.08. The van der Waals surface area contributed by atoms with Crippen molar-refractivity contribution >= 4 is 0 Å². The summed E-state index contributed by atoms with van der Waals surface area (Å²) in [5.74, 6) is 0. The average molecular weight is 190 g/mol. The largest absolute Gasteiger partial charge is 0.381 e. The fourth-order valence-electron chi connectivity index (χ4n) is 0.909. The zero-order chi connectivity index (χ0) is 9.94. The third-order valence-electron chi connectivity index (χ3n) is 1.68. The van der Waals surface area contributed by atoms with E-state index in [0.29, 0.717) is 6.61 Å². The maximum atomic E-state index is 8.77. The van der Waals surface area contributed by atoms with E-state index >= 15 is 0 Å². The molecule has 0 fully saturated rings. The molecule has 0 aromatic carbocycles. The summed E-state index contributed by atoms with van der Waals surface area (Å²) in [7, 11) is 0. The summed E-state index contributed by atoms with van der Waals surface area (Å²) in [6, 6.07) is 0. The molecule has 0 aliphatic heterocycles. The first-order valence-electron chi connectivity index (χ1n) is 5.14. The van der Waals surface area contributed by atoms with Crippen molar-refractivity contribution in [3.8, 4) is 0 Å². The molecule has 0 bridgehead atoms. The lowest BCUT2D eigenvalue weighted by Gasteiger charge is -2.06. The highest BCUT2D eigenvalue weighted by atomic mass is 16.6. The Morgan fingerprint density at radius 3 is 2.31 bits per heavy atom. The smallest absolute Gasteiger partial charge is 0.151 e. The van der Waals surface area contributed by atoms with Crippen molar-refractivity contribution in [1.29, 1.82) is 0 Å². The van der Waals surface area contributed by atoms with Crippen LogP contribution in [0.25, 0.3) is 0 Å². The zero-order valence-corrected chi connectivity index (χ0v) is 8.79. The molecule has 0 spiro atoms. The molecule has 80 valence electrons. The molecule has 0 aliphatic rings. The van der Waals surface area contributed by atoms with E-state index in [2.05, 4.69) is 6.92 Å². The maximum Gasteiger partial charge on any atom is 0.151 e. The molecule has 0 saturated heterocycles. The third-order valence-corrected chi connectivity index (χ3v) is 1.68. The Balaban J connectivity index is 2.84. The van der Waals surface area contributed by atoms with E-state index in [1.54, 1.807) is 6.92 Å². The summed E-state index contributed by atoms with van der Waals surface area (Å²) in [4.78, 5) is 0. The zero-order valence-electron chi connectivity index (χ0n) is 8.79. The Morgan fingerprint density at radius 2 is 1.69 bits per heavy atom. The van der Waals surface area contributed by atoms with Crippen LogP contribution in [0.5, 0.6) is 0 Å². The minimum Gasteiger partial charge on any atom is -0.381 e. The minimum absolute atomic E-state index is 0.620. The second-order valence-corrected chi connectivity index (χ2v) is 3.14. The first-order chi connectivity index (χ1) is 6.27. The molecule has 0 heterocycles. The minimum atomic E-state index is -0.638. The highest BCUT2D eigenvalue weighted by Gasteiger charge is 1.94. The Bertz CT molecular complexity index is 94.2. The average Bonchev–Trinajstić information content (AvgIpc) is 2.09. The number of ether oxygens (including phenoxy) is 2. The fraction of sp³-hybridized carbons (Fsp3) is 1.00. The van der Waals surface area contributed by atoms with Gasteiger partial charge in [-0.3, -0.25) is 0 Å². The predicted molar refractivity (Wildman–Crippen MR) is 52.6 cm³/mol. The number of aliphatic hydroxyl groups is 1. The van der Waals surface area contributed by atoms with Crippen molar-refractivity contribution in [2.75, 3.05) is 19.8 Å². The van der Waals surface area contributed by atoms with Gasteiger partial charge in [0.05, 0.1) is 0 Å².